The molecule has 0 radical (unpaired) electrons. The molecule has 0 saturated carbocycles. The number of benzene rings is 3. The van der Waals surface area contributed by atoms with Gasteiger partial charge in [0, 0.05) is 37.8 Å². The Balaban J connectivity index is 2.20. The molecule has 4 aromatic rings. The average molecular weight is 422 g/mol. The molecule has 1 aromatic heterocycles. The molecule has 3 aromatic carbocycles. The second-order valence-corrected chi connectivity index (χ2v) is 7.53. The molecule has 0 unspecified atom stereocenters. The molecule has 31 heavy (non-hydrogen) atoms. The molecular formula is C30H32N+. The van der Waals surface area contributed by atoms with Crippen molar-refractivity contribution < 1.29 is 25.1 Å². The zero-order chi connectivity index (χ0) is 34.8. The summed E-state index contributed by atoms with van der Waals surface area (Å²) < 4.78 is 124. The summed E-state index contributed by atoms with van der Waals surface area (Å²) in [5.74, 6) is 0. The van der Waals surface area contributed by atoms with Crippen LogP contribution in [0.1, 0.15) is 53.9 Å². The molecule has 0 aliphatic heterocycles. The zero-order valence-corrected chi connectivity index (χ0v) is 17.3. The normalized spacial score (nSPS) is 20.3. The van der Waals surface area contributed by atoms with E-state index in [1.54, 1.807) is 26.1 Å². The molecule has 1 heteroatoms. The second-order valence-electron chi connectivity index (χ2n) is 7.53. The number of rotatable bonds is 3. The first kappa shape index (κ1) is 9.53. The van der Waals surface area contributed by atoms with E-state index in [9.17, 15) is 0 Å². The second kappa shape index (κ2) is 8.15. The molecule has 0 aliphatic carbocycles. The van der Waals surface area contributed by atoms with Gasteiger partial charge in [0.05, 0.1) is 0 Å². The van der Waals surface area contributed by atoms with Crippen molar-refractivity contribution in [2.45, 2.75) is 41.2 Å². The van der Waals surface area contributed by atoms with E-state index in [4.69, 9.17) is 20.6 Å². The highest BCUT2D eigenvalue weighted by Gasteiger charge is 2.21. The van der Waals surface area contributed by atoms with Gasteiger partial charge in [-0.3, -0.25) is 0 Å². The minimum absolute atomic E-state index is 0.0579. The lowest BCUT2D eigenvalue weighted by Crippen LogP contribution is -2.31. The lowest BCUT2D eigenvalue weighted by molar-refractivity contribution is -0.660. The molecule has 0 fully saturated rings. The Kier molecular flexibility index (Phi) is 2.50. The largest absolute Gasteiger partial charge is 0.213 e. The fourth-order valence-corrected chi connectivity index (χ4v) is 4.00. The lowest BCUT2D eigenvalue weighted by atomic mass is 9.87. The Labute approximate surface area is 208 Å². The van der Waals surface area contributed by atoms with Crippen molar-refractivity contribution in [3.63, 3.8) is 0 Å². The highest BCUT2D eigenvalue weighted by atomic mass is 14.9. The van der Waals surface area contributed by atoms with Crippen molar-refractivity contribution in [1.29, 1.82) is 0 Å². The predicted octanol–water partition coefficient (Wildman–Crippen LogP) is 7.36. The summed E-state index contributed by atoms with van der Waals surface area (Å²) in [5.41, 5.74) is -0.0739. The Morgan fingerprint density at radius 3 is 1.97 bits per heavy atom. The first-order valence-corrected chi connectivity index (χ1v) is 9.78. The molecule has 0 saturated heterocycles. The van der Waals surface area contributed by atoms with Gasteiger partial charge in [-0.25, -0.2) is 4.57 Å². The predicted molar refractivity (Wildman–Crippen MR) is 132 cm³/mol. The van der Waals surface area contributed by atoms with E-state index in [1.807, 2.05) is 0 Å². The van der Waals surface area contributed by atoms with Gasteiger partial charge in [0.1, 0.15) is 7.05 Å². The summed E-state index contributed by atoms with van der Waals surface area (Å²) in [5, 5.41) is 0. The maximum atomic E-state index is 8.28. The van der Waals surface area contributed by atoms with E-state index in [0.29, 0.717) is 16.8 Å². The van der Waals surface area contributed by atoms with Crippen molar-refractivity contribution in [3.05, 3.63) is 100 Å². The van der Waals surface area contributed by atoms with Crippen LogP contribution in [0.3, 0.4) is 0 Å². The highest BCUT2D eigenvalue weighted by molar-refractivity contribution is 5.82. The quantitative estimate of drug-likeness (QED) is 0.304. The molecule has 0 atom stereocenters. The molecule has 156 valence electrons. The molecule has 0 N–H and O–H groups in total. The third-order valence-electron chi connectivity index (χ3n) is 5.55. The topological polar surface area (TPSA) is 3.88 Å². The number of nitrogens with zero attached hydrogens (tertiary/aromatic N) is 1. The summed E-state index contributed by atoms with van der Waals surface area (Å²) in [6.45, 7) is -12.0. The van der Waals surface area contributed by atoms with E-state index in [-0.39, 0.29) is 50.1 Å². The first-order valence-electron chi connectivity index (χ1n) is 17.3. The number of pyridine rings is 1. The fraction of sp³-hybridized carbons (Fsp3) is 0.233. The van der Waals surface area contributed by atoms with E-state index in [1.165, 1.54) is 59.3 Å². The summed E-state index contributed by atoms with van der Waals surface area (Å²) in [4.78, 5) is 0. The van der Waals surface area contributed by atoms with Crippen molar-refractivity contribution in [3.8, 4) is 33.5 Å². The molecule has 4 rings (SSSR count). The van der Waals surface area contributed by atoms with Gasteiger partial charge in [0.2, 0.25) is 5.69 Å². The van der Waals surface area contributed by atoms with Crippen molar-refractivity contribution in [1.82, 2.24) is 0 Å². The minimum atomic E-state index is -2.80. The first-order chi connectivity index (χ1) is 20.8. The Hall–Kier alpha value is -3.19. The van der Waals surface area contributed by atoms with Gasteiger partial charge in [-0.05, 0) is 97.3 Å². The molecule has 0 amide bonds. The van der Waals surface area contributed by atoms with Crippen LogP contribution < -0.4 is 4.57 Å². The molecular weight excluding hydrogens is 374 g/mol. The van der Waals surface area contributed by atoms with Gasteiger partial charge in [-0.2, -0.15) is 0 Å². The van der Waals surface area contributed by atoms with Crippen LogP contribution in [0.15, 0.2) is 66.9 Å². The number of aromatic nitrogens is 1. The van der Waals surface area contributed by atoms with E-state index in [0.717, 1.165) is 0 Å². The van der Waals surface area contributed by atoms with Crippen molar-refractivity contribution in [2.24, 2.45) is 7.05 Å². The highest BCUT2D eigenvalue weighted by Crippen LogP contribution is 2.37. The van der Waals surface area contributed by atoms with Crippen molar-refractivity contribution >= 4 is 0 Å². The number of hydrogen-bond acceptors (Lipinski definition) is 0. The zero-order valence-electron chi connectivity index (χ0n) is 32.3. The summed E-state index contributed by atoms with van der Waals surface area (Å²) >= 11 is 0. The standard InChI is InChI=1S/C30H32N/c1-19-11-8-9-14-25(19)30-22(4)15-16-26(24(30)6)28-17-27(23(5)18-31(28)7)29-20(2)12-10-13-21(29)3/h8-18H,1-7H3/q+1/i1D3,2D3,3D3,4D3,5D3. The van der Waals surface area contributed by atoms with Crippen LogP contribution in [0.5, 0.6) is 0 Å². The SMILES string of the molecule is [2H]C([2H])([2H])c1c[n+](C)c(-c2ccc(C([2H])([2H])[2H])c(-c3ccccc3C([2H])([2H])[2H])c2C)cc1-c1c(C([2H])([2H])[2H])cccc1C([2H])([2H])[2H]. The Morgan fingerprint density at radius 1 is 0.613 bits per heavy atom. The molecule has 0 spiro atoms. The van der Waals surface area contributed by atoms with Gasteiger partial charge in [-0.15, -0.1) is 0 Å². The maximum absolute atomic E-state index is 8.28. The van der Waals surface area contributed by atoms with Gasteiger partial charge in [-0.1, -0.05) is 48.5 Å². The maximum Gasteiger partial charge on any atom is 0.213 e. The Bertz CT molecular complexity index is 1750. The van der Waals surface area contributed by atoms with E-state index < -0.39 is 34.3 Å². The third kappa shape index (κ3) is 3.70. The lowest BCUT2D eigenvalue weighted by Gasteiger charge is -2.17. The number of hydrogen-bond donors (Lipinski definition) is 0. The van der Waals surface area contributed by atoms with Gasteiger partial charge >= 0.3 is 0 Å². The monoisotopic (exact) mass is 421 g/mol. The summed E-state index contributed by atoms with van der Waals surface area (Å²) in [6.07, 6.45) is 1.28. The molecule has 1 heterocycles. The van der Waals surface area contributed by atoms with Crippen LogP contribution in [-0.4, -0.2) is 0 Å². The summed E-state index contributed by atoms with van der Waals surface area (Å²) in [7, 11) is 1.56. The smallest absolute Gasteiger partial charge is 0.201 e. The van der Waals surface area contributed by atoms with Gasteiger partial charge in [0.25, 0.3) is 0 Å². The van der Waals surface area contributed by atoms with Crippen LogP contribution in [0, 0.1) is 41.2 Å². The number of aryl methyl sites for hydroxylation is 6. The summed E-state index contributed by atoms with van der Waals surface area (Å²) in [6, 6.07) is 14.2. The minimum Gasteiger partial charge on any atom is -0.201 e. The van der Waals surface area contributed by atoms with Gasteiger partial charge in [0.15, 0.2) is 6.20 Å². The van der Waals surface area contributed by atoms with Crippen LogP contribution in [0.25, 0.3) is 33.5 Å². The molecule has 0 bridgehead atoms. The fourth-order valence-electron chi connectivity index (χ4n) is 4.00. The molecule has 0 aliphatic rings. The van der Waals surface area contributed by atoms with Crippen LogP contribution in [0.4, 0.5) is 0 Å². The van der Waals surface area contributed by atoms with E-state index in [2.05, 4.69) is 0 Å². The van der Waals surface area contributed by atoms with Crippen LogP contribution >= 0.6 is 0 Å². The van der Waals surface area contributed by atoms with E-state index >= 15 is 0 Å². The van der Waals surface area contributed by atoms with Gasteiger partial charge < -0.3 is 0 Å². The average Bonchev–Trinajstić information content (AvgIpc) is 2.90. The van der Waals surface area contributed by atoms with Crippen LogP contribution in [-0.2, 0) is 7.05 Å². The molecule has 1 nitrogen and oxygen atoms in total. The Morgan fingerprint density at radius 2 is 1.26 bits per heavy atom. The van der Waals surface area contributed by atoms with Crippen molar-refractivity contribution in [2.75, 3.05) is 0 Å². The van der Waals surface area contributed by atoms with Crippen LogP contribution in [0.2, 0.25) is 0 Å². The third-order valence-corrected chi connectivity index (χ3v) is 5.55.